The molecule has 0 spiro atoms. The molecule has 4 rings (SSSR count). The molecule has 29 heavy (non-hydrogen) atoms. The van der Waals surface area contributed by atoms with E-state index in [1.807, 2.05) is 30.5 Å². The SMILES string of the molecule is O=C1CC(O)[C@H](CCCc2c[c-]ccc2)[C@H]1CCc1cccc2cccnc12.[Y]. The monoisotopic (exact) mass is 461 g/mol. The molecular weight excluding hydrogens is 435 g/mol. The number of carbonyl (C=O) groups is 1. The van der Waals surface area contributed by atoms with Crippen LogP contribution >= 0.6 is 0 Å². The van der Waals surface area contributed by atoms with E-state index in [1.165, 1.54) is 11.1 Å². The fourth-order valence-electron chi connectivity index (χ4n) is 4.59. The summed E-state index contributed by atoms with van der Waals surface area (Å²) in [6.07, 6.45) is 6.08. The minimum absolute atomic E-state index is 0. The normalized spacial score (nSPS) is 21.3. The van der Waals surface area contributed by atoms with Crippen molar-refractivity contribution >= 4 is 16.7 Å². The fraction of sp³-hybridized carbons (Fsp3) is 0.360. The molecule has 147 valence electrons. The average molecular weight is 461 g/mol. The van der Waals surface area contributed by atoms with E-state index in [1.54, 1.807) is 0 Å². The number of fused-ring (bicyclic) bond motifs is 1. The van der Waals surface area contributed by atoms with Gasteiger partial charge < -0.3 is 5.11 Å². The number of pyridine rings is 1. The maximum atomic E-state index is 12.5. The number of aromatic nitrogens is 1. The molecule has 1 radical (unpaired) electrons. The largest absolute Gasteiger partial charge is 0.392 e. The minimum atomic E-state index is -0.495. The molecule has 1 saturated carbocycles. The van der Waals surface area contributed by atoms with Crippen molar-refractivity contribution in [1.82, 2.24) is 4.98 Å². The number of carbonyl (C=O) groups excluding carboxylic acids is 1. The predicted molar refractivity (Wildman–Crippen MR) is 111 cm³/mol. The Hall–Kier alpha value is -1.42. The molecule has 0 saturated heterocycles. The molecule has 1 aromatic heterocycles. The molecule has 4 heteroatoms. The first-order chi connectivity index (χ1) is 13.7. The summed E-state index contributed by atoms with van der Waals surface area (Å²) in [7, 11) is 0. The molecule has 2 aromatic carbocycles. The molecule has 3 nitrogen and oxygen atoms in total. The Labute approximate surface area is 197 Å². The second-order valence-corrected chi connectivity index (χ2v) is 7.84. The molecule has 1 N–H and O–H groups in total. The van der Waals surface area contributed by atoms with Crippen molar-refractivity contribution in [2.75, 3.05) is 0 Å². The smallest absolute Gasteiger partial charge is 0.138 e. The van der Waals surface area contributed by atoms with Crippen molar-refractivity contribution < 1.29 is 42.6 Å². The summed E-state index contributed by atoms with van der Waals surface area (Å²) in [6, 6.07) is 21.4. The Morgan fingerprint density at radius 1 is 1.07 bits per heavy atom. The van der Waals surface area contributed by atoms with Gasteiger partial charge in [0.05, 0.1) is 11.6 Å². The maximum absolute atomic E-state index is 12.5. The van der Waals surface area contributed by atoms with E-state index in [0.717, 1.165) is 43.0 Å². The number of benzene rings is 2. The predicted octanol–water partition coefficient (Wildman–Crippen LogP) is 4.55. The average Bonchev–Trinajstić information content (AvgIpc) is 2.99. The van der Waals surface area contributed by atoms with Crippen molar-refractivity contribution in [3.63, 3.8) is 0 Å². The second kappa shape index (κ2) is 10.6. The molecule has 1 unspecified atom stereocenters. The van der Waals surface area contributed by atoms with E-state index >= 15 is 0 Å². The van der Waals surface area contributed by atoms with E-state index in [9.17, 15) is 9.90 Å². The summed E-state index contributed by atoms with van der Waals surface area (Å²) < 4.78 is 0. The van der Waals surface area contributed by atoms with Gasteiger partial charge in [0.1, 0.15) is 5.78 Å². The summed E-state index contributed by atoms with van der Waals surface area (Å²) in [5.74, 6) is 0.248. The third-order valence-electron chi connectivity index (χ3n) is 6.05. The van der Waals surface area contributed by atoms with Crippen LogP contribution in [0.4, 0.5) is 0 Å². The number of ketones is 1. The van der Waals surface area contributed by atoms with Crippen LogP contribution in [0.15, 0.2) is 60.8 Å². The first-order valence-electron chi connectivity index (χ1n) is 10.2. The van der Waals surface area contributed by atoms with Gasteiger partial charge in [0.15, 0.2) is 0 Å². The molecular formula is C25H26NO2Y-. The molecule has 3 aromatic rings. The minimum Gasteiger partial charge on any atom is -0.392 e. The summed E-state index contributed by atoms with van der Waals surface area (Å²) in [5, 5.41) is 11.6. The standard InChI is InChI=1S/C25H26NO2.Y/c27-23-17-24(28)22(21(23)13-4-9-18-7-2-1-3-8-18)15-14-20-11-5-10-19-12-6-16-26-25(19)20;/h1-2,5-8,10-12,16,21-23,27H,4,9,13-15,17H2;/q-1;/t21-,22-,23?;/m1./s1. The number of aryl methyl sites for hydroxylation is 2. The second-order valence-electron chi connectivity index (χ2n) is 7.84. The fourth-order valence-corrected chi connectivity index (χ4v) is 4.59. The van der Waals surface area contributed by atoms with Crippen LogP contribution in [0.5, 0.6) is 0 Å². The number of hydrogen-bond donors (Lipinski definition) is 1. The van der Waals surface area contributed by atoms with Gasteiger partial charge in [-0.15, -0.1) is 0 Å². The Balaban J connectivity index is 0.00000240. The van der Waals surface area contributed by atoms with Gasteiger partial charge in [-0.2, -0.15) is 35.9 Å². The van der Waals surface area contributed by atoms with Gasteiger partial charge in [-0.25, -0.2) is 0 Å². The van der Waals surface area contributed by atoms with Crippen LogP contribution in [-0.2, 0) is 50.3 Å². The van der Waals surface area contributed by atoms with E-state index in [-0.39, 0.29) is 50.3 Å². The van der Waals surface area contributed by atoms with Gasteiger partial charge in [0.2, 0.25) is 0 Å². The molecule has 0 amide bonds. The Kier molecular flexibility index (Phi) is 8.11. The van der Waals surface area contributed by atoms with Crippen molar-refractivity contribution in [3.05, 3.63) is 78.0 Å². The molecule has 0 aliphatic heterocycles. The summed E-state index contributed by atoms with van der Waals surface area (Å²) >= 11 is 0. The number of para-hydroxylation sites is 1. The number of aliphatic hydroxyl groups is 1. The molecule has 1 fully saturated rings. The number of hydrogen-bond acceptors (Lipinski definition) is 3. The van der Waals surface area contributed by atoms with Crippen molar-refractivity contribution in [1.29, 1.82) is 0 Å². The summed E-state index contributed by atoms with van der Waals surface area (Å²) in [6.45, 7) is 0. The number of rotatable bonds is 7. The number of Topliss-reactive ketones (excluding diaryl/α,β-unsaturated/α-hetero) is 1. The Morgan fingerprint density at radius 2 is 1.93 bits per heavy atom. The molecule has 1 aliphatic carbocycles. The molecule has 0 bridgehead atoms. The van der Waals surface area contributed by atoms with E-state index < -0.39 is 6.10 Å². The molecule has 1 heterocycles. The van der Waals surface area contributed by atoms with Crippen LogP contribution in [0.3, 0.4) is 0 Å². The zero-order valence-electron chi connectivity index (χ0n) is 16.6. The van der Waals surface area contributed by atoms with Gasteiger partial charge in [0.25, 0.3) is 0 Å². The van der Waals surface area contributed by atoms with Gasteiger partial charge in [0, 0.05) is 56.6 Å². The number of aliphatic hydroxyl groups excluding tert-OH is 1. The van der Waals surface area contributed by atoms with E-state index in [0.29, 0.717) is 6.42 Å². The Bertz CT molecular complexity index is 938. The van der Waals surface area contributed by atoms with Gasteiger partial charge in [-0.05, 0) is 36.8 Å². The summed E-state index contributed by atoms with van der Waals surface area (Å²) in [4.78, 5) is 17.1. The third-order valence-corrected chi connectivity index (χ3v) is 6.05. The number of nitrogens with zero attached hydrogens (tertiary/aromatic N) is 1. The maximum Gasteiger partial charge on any atom is 0.138 e. The van der Waals surface area contributed by atoms with Crippen LogP contribution in [0, 0.1) is 17.9 Å². The Morgan fingerprint density at radius 3 is 2.76 bits per heavy atom. The van der Waals surface area contributed by atoms with Crippen LogP contribution in [0.2, 0.25) is 0 Å². The molecule has 1 aliphatic rings. The first kappa shape index (κ1) is 22.3. The van der Waals surface area contributed by atoms with Gasteiger partial charge >= 0.3 is 0 Å². The topological polar surface area (TPSA) is 50.2 Å². The quantitative estimate of drug-likeness (QED) is 0.525. The van der Waals surface area contributed by atoms with Crippen molar-refractivity contribution in [3.8, 4) is 0 Å². The van der Waals surface area contributed by atoms with E-state index in [2.05, 4.69) is 41.4 Å². The van der Waals surface area contributed by atoms with Crippen LogP contribution < -0.4 is 0 Å². The third kappa shape index (κ3) is 5.39. The van der Waals surface area contributed by atoms with Crippen LogP contribution in [-0.4, -0.2) is 22.0 Å². The van der Waals surface area contributed by atoms with Gasteiger partial charge in [-0.3, -0.25) is 9.78 Å². The summed E-state index contributed by atoms with van der Waals surface area (Å²) in [5.41, 5.74) is 3.47. The first-order valence-corrected chi connectivity index (χ1v) is 10.2. The van der Waals surface area contributed by atoms with Crippen LogP contribution in [0.25, 0.3) is 10.9 Å². The van der Waals surface area contributed by atoms with Crippen molar-refractivity contribution in [2.45, 2.75) is 44.6 Å². The van der Waals surface area contributed by atoms with Gasteiger partial charge in [-0.1, -0.05) is 37.1 Å². The van der Waals surface area contributed by atoms with E-state index in [4.69, 9.17) is 0 Å². The molecule has 3 atom stereocenters. The van der Waals surface area contributed by atoms with Crippen LogP contribution in [0.1, 0.15) is 36.8 Å². The zero-order valence-corrected chi connectivity index (χ0v) is 19.5. The zero-order chi connectivity index (χ0) is 19.3. The van der Waals surface area contributed by atoms with Crippen molar-refractivity contribution in [2.24, 2.45) is 11.8 Å².